The third kappa shape index (κ3) is 2.73. The number of carbonyl (C=O) groups is 1. The lowest BCUT2D eigenvalue weighted by Crippen LogP contribution is -2.02. The summed E-state index contributed by atoms with van der Waals surface area (Å²) in [5, 5.41) is 4.52. The van der Waals surface area contributed by atoms with Crippen molar-refractivity contribution in [2.24, 2.45) is 0 Å². The minimum Gasteiger partial charge on any atom is -0.294 e. The molecule has 4 heteroatoms. The summed E-state index contributed by atoms with van der Waals surface area (Å²) in [7, 11) is 0. The van der Waals surface area contributed by atoms with Gasteiger partial charge in [-0.15, -0.1) is 0 Å². The number of Topliss-reactive ketones (excluding diaryl/α,β-unsaturated/α-hetero) is 1. The van der Waals surface area contributed by atoms with Gasteiger partial charge in [0, 0.05) is 16.5 Å². The zero-order chi connectivity index (χ0) is 11.5. The van der Waals surface area contributed by atoms with Crippen LogP contribution in [0.3, 0.4) is 0 Å². The lowest BCUT2D eigenvalue weighted by molar-refractivity contribution is 0.0993. The van der Waals surface area contributed by atoms with Crippen LogP contribution in [0.2, 0.25) is 5.02 Å². The van der Waals surface area contributed by atoms with Crippen LogP contribution in [0.15, 0.2) is 39.5 Å². The average molecular weight is 316 g/mol. The van der Waals surface area contributed by atoms with Crippen LogP contribution in [0.4, 0.5) is 0 Å². The highest BCUT2D eigenvalue weighted by molar-refractivity contribution is 9.10. The van der Waals surface area contributed by atoms with Crippen molar-refractivity contribution in [2.75, 3.05) is 0 Å². The predicted molar refractivity (Wildman–Crippen MR) is 71.5 cm³/mol. The summed E-state index contributed by atoms with van der Waals surface area (Å²) in [6.45, 7) is 0. The monoisotopic (exact) mass is 314 g/mol. The zero-order valence-corrected chi connectivity index (χ0v) is 11.4. The van der Waals surface area contributed by atoms with Crippen molar-refractivity contribution in [2.45, 2.75) is 6.42 Å². The first-order valence-corrected chi connectivity index (χ1v) is 6.77. The fourth-order valence-electron chi connectivity index (χ4n) is 1.35. The molecule has 0 saturated heterocycles. The first-order chi connectivity index (χ1) is 7.66. The van der Waals surface area contributed by atoms with E-state index in [1.54, 1.807) is 29.5 Å². The van der Waals surface area contributed by atoms with Gasteiger partial charge >= 0.3 is 0 Å². The number of carbonyl (C=O) groups excluding carboxylic acids is 1. The number of rotatable bonds is 3. The van der Waals surface area contributed by atoms with Crippen molar-refractivity contribution in [3.8, 4) is 0 Å². The first kappa shape index (κ1) is 11.8. The van der Waals surface area contributed by atoms with E-state index in [1.807, 2.05) is 16.8 Å². The highest BCUT2D eigenvalue weighted by Crippen LogP contribution is 2.24. The van der Waals surface area contributed by atoms with Crippen LogP contribution in [0.5, 0.6) is 0 Å². The molecule has 0 amide bonds. The van der Waals surface area contributed by atoms with E-state index in [9.17, 15) is 4.79 Å². The summed E-state index contributed by atoms with van der Waals surface area (Å²) < 4.78 is 0.807. The van der Waals surface area contributed by atoms with Crippen LogP contribution < -0.4 is 0 Å². The molecule has 1 aromatic carbocycles. The van der Waals surface area contributed by atoms with E-state index in [2.05, 4.69) is 15.9 Å². The Balaban J connectivity index is 2.18. The van der Waals surface area contributed by atoms with Gasteiger partial charge in [0.25, 0.3) is 0 Å². The summed E-state index contributed by atoms with van der Waals surface area (Å²) in [5.41, 5.74) is 1.70. The third-order valence-corrected chi connectivity index (χ3v) is 4.15. The zero-order valence-electron chi connectivity index (χ0n) is 8.24. The standard InChI is InChI=1S/C12H8BrClOS/c13-10-2-1-9(6-11(10)14)12(15)5-8-3-4-16-7-8/h1-4,6-7H,5H2. The average Bonchev–Trinajstić information content (AvgIpc) is 2.74. The van der Waals surface area contributed by atoms with Gasteiger partial charge in [-0.3, -0.25) is 4.79 Å². The fraction of sp³-hybridized carbons (Fsp3) is 0.0833. The molecule has 0 spiro atoms. The molecular weight excluding hydrogens is 308 g/mol. The van der Waals surface area contributed by atoms with Crippen LogP contribution in [0.25, 0.3) is 0 Å². The molecule has 1 aromatic heterocycles. The molecule has 0 saturated carbocycles. The van der Waals surface area contributed by atoms with Crippen LogP contribution in [-0.2, 0) is 6.42 Å². The Kier molecular flexibility index (Phi) is 3.79. The van der Waals surface area contributed by atoms with Gasteiger partial charge in [0.15, 0.2) is 5.78 Å². The number of thiophene rings is 1. The van der Waals surface area contributed by atoms with Gasteiger partial charge in [-0.25, -0.2) is 0 Å². The van der Waals surface area contributed by atoms with Gasteiger partial charge < -0.3 is 0 Å². The van der Waals surface area contributed by atoms with Gasteiger partial charge in [0.1, 0.15) is 0 Å². The van der Waals surface area contributed by atoms with Gasteiger partial charge in [-0.05, 0) is 50.5 Å². The summed E-state index contributed by atoms with van der Waals surface area (Å²) in [5.74, 6) is 0.0906. The predicted octanol–water partition coefficient (Wildman–Crippen LogP) is 4.59. The molecular formula is C12H8BrClOS. The van der Waals surface area contributed by atoms with Crippen molar-refractivity contribution in [1.82, 2.24) is 0 Å². The highest BCUT2D eigenvalue weighted by atomic mass is 79.9. The Labute approximate surface area is 111 Å². The number of halogens is 2. The molecule has 0 unspecified atom stereocenters. The maximum absolute atomic E-state index is 11.9. The molecule has 1 nitrogen and oxygen atoms in total. The molecule has 0 aliphatic heterocycles. The van der Waals surface area contributed by atoms with Gasteiger partial charge in [0.2, 0.25) is 0 Å². The van der Waals surface area contributed by atoms with Crippen LogP contribution in [-0.4, -0.2) is 5.78 Å². The van der Waals surface area contributed by atoms with E-state index in [1.165, 1.54) is 0 Å². The minimum absolute atomic E-state index is 0.0906. The highest BCUT2D eigenvalue weighted by Gasteiger charge is 2.09. The fourth-order valence-corrected chi connectivity index (χ4v) is 2.45. The van der Waals surface area contributed by atoms with Crippen LogP contribution >= 0.6 is 38.9 Å². The van der Waals surface area contributed by atoms with E-state index in [-0.39, 0.29) is 5.78 Å². The summed E-state index contributed by atoms with van der Waals surface area (Å²) in [6.07, 6.45) is 0.432. The maximum atomic E-state index is 11.9. The molecule has 0 bridgehead atoms. The first-order valence-electron chi connectivity index (χ1n) is 4.66. The maximum Gasteiger partial charge on any atom is 0.167 e. The molecule has 82 valence electrons. The molecule has 0 fully saturated rings. The molecule has 2 rings (SSSR count). The Morgan fingerprint density at radius 1 is 1.38 bits per heavy atom. The molecule has 0 N–H and O–H groups in total. The smallest absolute Gasteiger partial charge is 0.167 e. The number of hydrogen-bond donors (Lipinski definition) is 0. The third-order valence-electron chi connectivity index (χ3n) is 2.19. The van der Waals surface area contributed by atoms with Crippen molar-refractivity contribution in [3.63, 3.8) is 0 Å². The minimum atomic E-state index is 0.0906. The summed E-state index contributed by atoms with van der Waals surface area (Å²) >= 11 is 10.8. The molecule has 0 aliphatic rings. The number of ketones is 1. The van der Waals surface area contributed by atoms with E-state index in [4.69, 9.17) is 11.6 Å². The molecule has 0 atom stereocenters. The Bertz CT molecular complexity index is 508. The van der Waals surface area contributed by atoms with Crippen LogP contribution in [0.1, 0.15) is 15.9 Å². The lowest BCUT2D eigenvalue weighted by Gasteiger charge is -2.01. The molecule has 1 heterocycles. The second-order valence-electron chi connectivity index (χ2n) is 3.36. The van der Waals surface area contributed by atoms with E-state index >= 15 is 0 Å². The molecule has 0 radical (unpaired) electrons. The molecule has 0 aliphatic carbocycles. The quantitative estimate of drug-likeness (QED) is 0.757. The van der Waals surface area contributed by atoms with E-state index in [0.29, 0.717) is 17.0 Å². The van der Waals surface area contributed by atoms with Crippen molar-refractivity contribution in [1.29, 1.82) is 0 Å². The normalized spacial score (nSPS) is 10.4. The summed E-state index contributed by atoms with van der Waals surface area (Å²) in [4.78, 5) is 11.9. The second-order valence-corrected chi connectivity index (χ2v) is 5.40. The Morgan fingerprint density at radius 2 is 2.19 bits per heavy atom. The van der Waals surface area contributed by atoms with Gasteiger partial charge in [-0.2, -0.15) is 11.3 Å². The topological polar surface area (TPSA) is 17.1 Å². The van der Waals surface area contributed by atoms with E-state index in [0.717, 1.165) is 10.0 Å². The Morgan fingerprint density at radius 3 is 2.81 bits per heavy atom. The SMILES string of the molecule is O=C(Cc1ccsc1)c1ccc(Br)c(Cl)c1. The second kappa shape index (κ2) is 5.13. The van der Waals surface area contributed by atoms with Gasteiger partial charge in [-0.1, -0.05) is 17.7 Å². The van der Waals surface area contributed by atoms with Crippen molar-refractivity contribution >= 4 is 44.7 Å². The molecule has 16 heavy (non-hydrogen) atoms. The van der Waals surface area contributed by atoms with Gasteiger partial charge in [0.05, 0.1) is 5.02 Å². The largest absolute Gasteiger partial charge is 0.294 e. The Hall–Kier alpha value is -0.640. The summed E-state index contributed by atoms with van der Waals surface area (Å²) in [6, 6.07) is 7.23. The van der Waals surface area contributed by atoms with Crippen molar-refractivity contribution < 1.29 is 4.79 Å². The van der Waals surface area contributed by atoms with Crippen LogP contribution in [0, 0.1) is 0 Å². The number of benzene rings is 1. The number of hydrogen-bond acceptors (Lipinski definition) is 2. The molecule has 2 aromatic rings. The van der Waals surface area contributed by atoms with Crippen molar-refractivity contribution in [3.05, 3.63) is 55.6 Å². The van der Waals surface area contributed by atoms with E-state index < -0.39 is 0 Å². The lowest BCUT2D eigenvalue weighted by atomic mass is 10.1.